The zero-order chi connectivity index (χ0) is 15.6. The first-order chi connectivity index (χ1) is 9.90. The van der Waals surface area contributed by atoms with E-state index in [9.17, 15) is 14.4 Å². The molecule has 0 bridgehead atoms. The molecule has 114 valence electrons. The third-order valence-electron chi connectivity index (χ3n) is 3.78. The summed E-state index contributed by atoms with van der Waals surface area (Å²) in [6.45, 7) is 4.16. The fourth-order valence-corrected chi connectivity index (χ4v) is 2.85. The number of hydrogen-bond acceptors (Lipinski definition) is 4. The highest BCUT2D eigenvalue weighted by molar-refractivity contribution is 7.12. The molecule has 2 N–H and O–H groups in total. The van der Waals surface area contributed by atoms with Gasteiger partial charge >= 0.3 is 5.97 Å². The summed E-state index contributed by atoms with van der Waals surface area (Å²) in [5.41, 5.74) is 0. The predicted octanol–water partition coefficient (Wildman–Crippen LogP) is 1.05. The fraction of sp³-hybridized carbons (Fsp3) is 0.500. The van der Waals surface area contributed by atoms with E-state index in [2.05, 4.69) is 5.32 Å². The molecule has 0 aliphatic carbocycles. The minimum Gasteiger partial charge on any atom is -0.481 e. The largest absolute Gasteiger partial charge is 0.481 e. The highest BCUT2D eigenvalue weighted by Crippen LogP contribution is 2.24. The topological polar surface area (TPSA) is 86.7 Å². The van der Waals surface area contributed by atoms with Crippen molar-refractivity contribution in [2.75, 3.05) is 13.1 Å². The first-order valence-corrected chi connectivity index (χ1v) is 7.64. The lowest BCUT2D eigenvalue weighted by Crippen LogP contribution is -2.58. The van der Waals surface area contributed by atoms with E-state index in [0.717, 1.165) is 0 Å². The quantitative estimate of drug-likeness (QED) is 0.851. The van der Waals surface area contributed by atoms with E-state index in [0.29, 0.717) is 18.0 Å². The third-order valence-corrected chi connectivity index (χ3v) is 4.65. The van der Waals surface area contributed by atoms with Gasteiger partial charge in [-0.3, -0.25) is 14.4 Å². The number of carboxylic acids is 1. The van der Waals surface area contributed by atoms with Gasteiger partial charge < -0.3 is 15.3 Å². The number of likely N-dealkylation sites (tertiary alicyclic amines) is 1. The molecule has 21 heavy (non-hydrogen) atoms. The van der Waals surface area contributed by atoms with Gasteiger partial charge in [0.2, 0.25) is 5.91 Å². The van der Waals surface area contributed by atoms with Crippen LogP contribution in [-0.4, -0.2) is 46.9 Å². The SMILES string of the molecule is CC(NC(=O)c1cccs1)C(=O)N1CC(C(C)C(=O)O)C1. The maximum absolute atomic E-state index is 12.1. The van der Waals surface area contributed by atoms with Gasteiger partial charge in [-0.1, -0.05) is 13.0 Å². The number of hydrogen-bond donors (Lipinski definition) is 2. The lowest BCUT2D eigenvalue weighted by molar-refractivity contribution is -0.151. The summed E-state index contributed by atoms with van der Waals surface area (Å²) in [4.78, 5) is 37.0. The maximum Gasteiger partial charge on any atom is 0.306 e. The number of carbonyl (C=O) groups is 3. The molecular formula is C14H18N2O4S. The van der Waals surface area contributed by atoms with Crippen molar-refractivity contribution in [3.8, 4) is 0 Å². The molecule has 0 saturated carbocycles. The molecule has 1 fully saturated rings. The summed E-state index contributed by atoms with van der Waals surface area (Å²) in [6, 6.07) is 2.87. The Labute approximate surface area is 126 Å². The van der Waals surface area contributed by atoms with Crippen molar-refractivity contribution in [1.82, 2.24) is 10.2 Å². The predicted molar refractivity (Wildman–Crippen MR) is 78.1 cm³/mol. The van der Waals surface area contributed by atoms with Crippen LogP contribution in [0.2, 0.25) is 0 Å². The molecule has 1 aromatic heterocycles. The highest BCUT2D eigenvalue weighted by Gasteiger charge is 2.38. The zero-order valence-corrected chi connectivity index (χ0v) is 12.7. The van der Waals surface area contributed by atoms with Gasteiger partial charge in [0.25, 0.3) is 5.91 Å². The van der Waals surface area contributed by atoms with E-state index < -0.39 is 17.9 Å². The average Bonchev–Trinajstić information content (AvgIpc) is 2.90. The standard InChI is InChI=1S/C14H18N2O4S/c1-8(14(19)20)10-6-16(7-10)13(18)9(2)15-12(17)11-4-3-5-21-11/h3-5,8-10H,6-7H2,1-2H3,(H,15,17)(H,19,20). The molecule has 2 atom stereocenters. The van der Waals surface area contributed by atoms with Gasteiger partial charge in [0.1, 0.15) is 6.04 Å². The number of nitrogens with one attached hydrogen (secondary N) is 1. The second kappa shape index (κ2) is 6.26. The molecule has 1 aromatic rings. The molecule has 0 spiro atoms. The minimum absolute atomic E-state index is 0.00773. The molecule has 1 aliphatic rings. The molecule has 2 amide bonds. The molecule has 1 saturated heterocycles. The van der Waals surface area contributed by atoms with Gasteiger partial charge in [-0.2, -0.15) is 0 Å². The summed E-state index contributed by atoms with van der Waals surface area (Å²) in [5.74, 6) is -1.74. The van der Waals surface area contributed by atoms with E-state index >= 15 is 0 Å². The van der Waals surface area contributed by atoms with Crippen LogP contribution >= 0.6 is 11.3 Å². The van der Waals surface area contributed by atoms with Crippen LogP contribution in [0.4, 0.5) is 0 Å². The van der Waals surface area contributed by atoms with E-state index in [1.807, 2.05) is 0 Å². The van der Waals surface area contributed by atoms with E-state index in [4.69, 9.17) is 5.11 Å². The molecule has 2 rings (SSSR count). The van der Waals surface area contributed by atoms with Crippen LogP contribution in [-0.2, 0) is 9.59 Å². The molecule has 7 heteroatoms. The second-order valence-electron chi connectivity index (χ2n) is 5.30. The van der Waals surface area contributed by atoms with E-state index in [1.54, 1.807) is 36.3 Å². The van der Waals surface area contributed by atoms with Crippen molar-refractivity contribution in [3.63, 3.8) is 0 Å². The Morgan fingerprint density at radius 2 is 2.05 bits per heavy atom. The highest BCUT2D eigenvalue weighted by atomic mass is 32.1. The molecular weight excluding hydrogens is 292 g/mol. The van der Waals surface area contributed by atoms with Gasteiger partial charge in [0.15, 0.2) is 0 Å². The number of carboxylic acid groups (broad SMARTS) is 1. The Morgan fingerprint density at radius 1 is 1.38 bits per heavy atom. The first-order valence-electron chi connectivity index (χ1n) is 6.76. The average molecular weight is 310 g/mol. The van der Waals surface area contributed by atoms with Crippen molar-refractivity contribution in [2.24, 2.45) is 11.8 Å². The van der Waals surface area contributed by atoms with Gasteiger partial charge in [-0.05, 0) is 18.4 Å². The Morgan fingerprint density at radius 3 is 2.57 bits per heavy atom. The molecule has 0 radical (unpaired) electrons. The van der Waals surface area contributed by atoms with Gasteiger partial charge in [-0.25, -0.2) is 0 Å². The van der Waals surface area contributed by atoms with Crippen LogP contribution in [0.1, 0.15) is 23.5 Å². The number of rotatable bonds is 5. The van der Waals surface area contributed by atoms with Gasteiger partial charge in [0, 0.05) is 19.0 Å². The molecule has 6 nitrogen and oxygen atoms in total. The van der Waals surface area contributed by atoms with E-state index in [1.165, 1.54) is 11.3 Å². The van der Waals surface area contributed by atoms with Crippen LogP contribution in [0.3, 0.4) is 0 Å². The monoisotopic (exact) mass is 310 g/mol. The summed E-state index contributed by atoms with van der Waals surface area (Å²) in [7, 11) is 0. The lowest BCUT2D eigenvalue weighted by Gasteiger charge is -2.42. The van der Waals surface area contributed by atoms with Crippen molar-refractivity contribution in [1.29, 1.82) is 0 Å². The van der Waals surface area contributed by atoms with Gasteiger partial charge in [0.05, 0.1) is 10.8 Å². The van der Waals surface area contributed by atoms with Crippen molar-refractivity contribution < 1.29 is 19.5 Å². The van der Waals surface area contributed by atoms with Crippen LogP contribution in [0, 0.1) is 11.8 Å². The van der Waals surface area contributed by atoms with Crippen molar-refractivity contribution in [3.05, 3.63) is 22.4 Å². The van der Waals surface area contributed by atoms with Crippen molar-refractivity contribution in [2.45, 2.75) is 19.9 Å². The molecule has 1 aliphatic heterocycles. The maximum atomic E-state index is 12.1. The lowest BCUT2D eigenvalue weighted by atomic mass is 9.86. The van der Waals surface area contributed by atoms with Crippen LogP contribution in [0.5, 0.6) is 0 Å². The fourth-order valence-electron chi connectivity index (χ4n) is 2.22. The molecule has 2 unspecified atom stereocenters. The summed E-state index contributed by atoms with van der Waals surface area (Å²) >= 11 is 1.32. The van der Waals surface area contributed by atoms with Crippen LogP contribution in [0.25, 0.3) is 0 Å². The summed E-state index contributed by atoms with van der Waals surface area (Å²) in [5, 5.41) is 13.4. The smallest absolute Gasteiger partial charge is 0.306 e. The number of aliphatic carboxylic acids is 1. The van der Waals surface area contributed by atoms with Crippen LogP contribution < -0.4 is 5.32 Å². The Kier molecular flexibility index (Phi) is 4.62. The molecule has 2 heterocycles. The summed E-state index contributed by atoms with van der Waals surface area (Å²) in [6.07, 6.45) is 0. The number of amides is 2. The Hall–Kier alpha value is -1.89. The number of nitrogens with zero attached hydrogens (tertiary/aromatic N) is 1. The third kappa shape index (κ3) is 3.41. The second-order valence-corrected chi connectivity index (χ2v) is 6.25. The number of carbonyl (C=O) groups excluding carboxylic acids is 2. The summed E-state index contributed by atoms with van der Waals surface area (Å²) < 4.78 is 0. The van der Waals surface area contributed by atoms with Crippen LogP contribution in [0.15, 0.2) is 17.5 Å². The Bertz CT molecular complexity index is 537. The number of thiophene rings is 1. The molecule has 0 aromatic carbocycles. The Balaban J connectivity index is 1.82. The van der Waals surface area contributed by atoms with Crippen molar-refractivity contribution >= 4 is 29.1 Å². The van der Waals surface area contributed by atoms with E-state index in [-0.39, 0.29) is 17.7 Å². The van der Waals surface area contributed by atoms with Gasteiger partial charge in [-0.15, -0.1) is 11.3 Å². The zero-order valence-electron chi connectivity index (χ0n) is 11.9. The first kappa shape index (κ1) is 15.5. The normalized spacial score (nSPS) is 17.7. The minimum atomic E-state index is -0.842.